The van der Waals surface area contributed by atoms with Crippen LogP contribution in [0.1, 0.15) is 11.1 Å². The maximum Gasteiger partial charge on any atom is 0.293 e. The van der Waals surface area contributed by atoms with E-state index < -0.39 is 0 Å². The van der Waals surface area contributed by atoms with Crippen LogP contribution >= 0.6 is 50.9 Å². The fraction of sp³-hybridized carbons (Fsp3) is 0.0526. The number of rotatable bonds is 4. The fourth-order valence-corrected chi connectivity index (χ4v) is 4.27. The van der Waals surface area contributed by atoms with Crippen LogP contribution in [0.5, 0.6) is 0 Å². The van der Waals surface area contributed by atoms with Crippen molar-refractivity contribution in [1.82, 2.24) is 4.90 Å². The zero-order valence-corrected chi connectivity index (χ0v) is 17.2. The van der Waals surface area contributed by atoms with Crippen LogP contribution in [0, 0.1) is 0 Å². The van der Waals surface area contributed by atoms with Crippen LogP contribution in [0.2, 0.25) is 10.0 Å². The molecule has 7 heteroatoms. The van der Waals surface area contributed by atoms with Crippen molar-refractivity contribution in [3.63, 3.8) is 0 Å². The molecule has 1 aliphatic rings. The third kappa shape index (κ3) is 4.60. The topological polar surface area (TPSA) is 37.4 Å². The van der Waals surface area contributed by atoms with E-state index in [2.05, 4.69) is 15.9 Å². The summed E-state index contributed by atoms with van der Waals surface area (Å²) in [5.41, 5.74) is 1.65. The maximum atomic E-state index is 12.6. The van der Waals surface area contributed by atoms with Crippen LogP contribution in [0.25, 0.3) is 6.08 Å². The first kappa shape index (κ1) is 19.2. The highest BCUT2D eigenvalue weighted by atomic mass is 79.9. The van der Waals surface area contributed by atoms with E-state index in [1.807, 2.05) is 36.4 Å². The average Bonchev–Trinajstić information content (AvgIpc) is 2.85. The number of carbonyl (C=O) groups is 2. The molecule has 0 unspecified atom stereocenters. The maximum absolute atomic E-state index is 12.6. The van der Waals surface area contributed by atoms with Gasteiger partial charge in [0.15, 0.2) is 0 Å². The minimum absolute atomic E-state index is 0.109. The predicted octanol–water partition coefficient (Wildman–Crippen LogP) is 6.51. The molecule has 1 fully saturated rings. The number of thioether (sulfide) groups is 1. The predicted molar refractivity (Wildman–Crippen MR) is 111 cm³/mol. The van der Waals surface area contributed by atoms with Crippen LogP contribution in [0.15, 0.2) is 64.0 Å². The van der Waals surface area contributed by atoms with Crippen molar-refractivity contribution in [2.24, 2.45) is 0 Å². The third-order valence-electron chi connectivity index (χ3n) is 3.59. The average molecular weight is 469 g/mol. The molecule has 0 aromatic heterocycles. The van der Waals surface area contributed by atoms with Crippen molar-refractivity contribution in [3.05, 3.63) is 85.2 Å². The van der Waals surface area contributed by atoms with E-state index in [-0.39, 0.29) is 17.7 Å². The van der Waals surface area contributed by atoms with Crippen LogP contribution in [0.4, 0.5) is 4.79 Å². The van der Waals surface area contributed by atoms with Gasteiger partial charge in [0.25, 0.3) is 11.1 Å². The monoisotopic (exact) mass is 467 g/mol. The molecule has 3 nitrogen and oxygen atoms in total. The van der Waals surface area contributed by atoms with Crippen molar-refractivity contribution < 1.29 is 9.59 Å². The molecular weight excluding hydrogens is 457 g/mol. The number of carbonyl (C=O) groups excluding carboxylic acids is 2. The van der Waals surface area contributed by atoms with Crippen LogP contribution in [0.3, 0.4) is 0 Å². The van der Waals surface area contributed by atoms with Crippen LogP contribution < -0.4 is 0 Å². The molecule has 3 rings (SSSR count). The number of imide groups is 1. The lowest BCUT2D eigenvalue weighted by atomic mass is 10.2. The van der Waals surface area contributed by atoms with Gasteiger partial charge < -0.3 is 0 Å². The molecule has 0 bridgehead atoms. The molecule has 0 aliphatic carbocycles. The minimum atomic E-state index is -0.343. The molecule has 2 aromatic carbocycles. The van der Waals surface area contributed by atoms with Gasteiger partial charge in [-0.2, -0.15) is 0 Å². The summed E-state index contributed by atoms with van der Waals surface area (Å²) < 4.78 is 0.707. The van der Waals surface area contributed by atoms with Gasteiger partial charge in [-0.25, -0.2) is 0 Å². The van der Waals surface area contributed by atoms with Gasteiger partial charge in [0.2, 0.25) is 0 Å². The number of hydrogen-bond acceptors (Lipinski definition) is 3. The molecule has 2 aromatic rings. The molecule has 26 heavy (non-hydrogen) atoms. The number of halogens is 3. The first-order valence-electron chi connectivity index (χ1n) is 7.55. The Morgan fingerprint density at radius 3 is 2.54 bits per heavy atom. The Kier molecular flexibility index (Phi) is 6.24. The molecule has 0 atom stereocenters. The van der Waals surface area contributed by atoms with Crippen molar-refractivity contribution in [2.75, 3.05) is 0 Å². The zero-order valence-electron chi connectivity index (χ0n) is 13.3. The number of amides is 2. The van der Waals surface area contributed by atoms with E-state index >= 15 is 0 Å². The second-order valence-corrected chi connectivity index (χ2v) is 8.20. The molecular formula is C19H12BrCl2NO2S. The molecule has 0 saturated carbocycles. The Morgan fingerprint density at radius 2 is 1.85 bits per heavy atom. The summed E-state index contributed by atoms with van der Waals surface area (Å²) in [6.07, 6.45) is 3.53. The molecule has 0 spiro atoms. The van der Waals surface area contributed by atoms with Crippen molar-refractivity contribution in [3.8, 4) is 0 Å². The van der Waals surface area contributed by atoms with Crippen molar-refractivity contribution in [1.29, 1.82) is 0 Å². The van der Waals surface area contributed by atoms with E-state index in [4.69, 9.17) is 23.2 Å². The lowest BCUT2D eigenvalue weighted by Gasteiger charge is -2.13. The standard InChI is InChI=1S/C19H12BrCl2NO2S/c20-14(8-12-4-2-1-3-5-12)9-17-18(24)23(19(25)26-17)11-13-6-7-15(21)10-16(13)22/h1-10H,11H2/b14-8-,17-9-. The van der Waals surface area contributed by atoms with Gasteiger partial charge in [0, 0.05) is 14.5 Å². The summed E-state index contributed by atoms with van der Waals surface area (Å²) in [7, 11) is 0. The quantitative estimate of drug-likeness (QED) is 0.480. The van der Waals surface area contributed by atoms with Crippen LogP contribution in [-0.4, -0.2) is 16.0 Å². The largest absolute Gasteiger partial charge is 0.293 e. The highest BCUT2D eigenvalue weighted by molar-refractivity contribution is 9.12. The highest BCUT2D eigenvalue weighted by Crippen LogP contribution is 2.34. The molecule has 0 N–H and O–H groups in total. The van der Waals surface area contributed by atoms with Gasteiger partial charge in [0.1, 0.15) is 0 Å². The summed E-state index contributed by atoms with van der Waals surface area (Å²) >= 11 is 16.4. The first-order chi connectivity index (χ1) is 12.4. The van der Waals surface area contributed by atoms with E-state index in [0.717, 1.165) is 17.3 Å². The van der Waals surface area contributed by atoms with Gasteiger partial charge in [-0.3, -0.25) is 14.5 Å². The lowest BCUT2D eigenvalue weighted by Crippen LogP contribution is -2.27. The number of nitrogens with zero attached hydrogens (tertiary/aromatic N) is 1. The smallest absolute Gasteiger partial charge is 0.268 e. The van der Waals surface area contributed by atoms with Gasteiger partial charge in [-0.1, -0.05) is 75.5 Å². The van der Waals surface area contributed by atoms with Gasteiger partial charge >= 0.3 is 0 Å². The summed E-state index contributed by atoms with van der Waals surface area (Å²) in [4.78, 5) is 26.4. The Bertz CT molecular complexity index is 928. The summed E-state index contributed by atoms with van der Waals surface area (Å²) in [6, 6.07) is 14.7. The Hall–Kier alpha value is -1.53. The number of benzene rings is 2. The molecule has 2 amide bonds. The van der Waals surface area contributed by atoms with E-state index in [1.54, 1.807) is 24.3 Å². The molecule has 132 valence electrons. The van der Waals surface area contributed by atoms with E-state index in [0.29, 0.717) is 25.0 Å². The number of allylic oxidation sites excluding steroid dienone is 2. The van der Waals surface area contributed by atoms with Crippen molar-refractivity contribution in [2.45, 2.75) is 6.54 Å². The van der Waals surface area contributed by atoms with E-state index in [1.165, 1.54) is 4.90 Å². The number of hydrogen-bond donors (Lipinski definition) is 0. The van der Waals surface area contributed by atoms with Gasteiger partial charge in [0.05, 0.1) is 11.4 Å². The summed E-state index contributed by atoms with van der Waals surface area (Å²) in [5, 5.41) is 0.598. The SMILES string of the molecule is O=C1S/C(=C\C(Br)=C\c2ccccc2)C(=O)N1Cc1ccc(Cl)cc1Cl. The van der Waals surface area contributed by atoms with Gasteiger partial charge in [-0.15, -0.1) is 0 Å². The summed E-state index contributed by atoms with van der Waals surface area (Å²) in [6.45, 7) is 0.109. The Balaban J connectivity index is 1.79. The molecule has 1 aliphatic heterocycles. The normalized spacial score (nSPS) is 16.7. The molecule has 1 saturated heterocycles. The van der Waals surface area contributed by atoms with Crippen molar-refractivity contribution >= 4 is 68.1 Å². The highest BCUT2D eigenvalue weighted by Gasteiger charge is 2.35. The second kappa shape index (κ2) is 8.44. The Labute approximate surface area is 173 Å². The minimum Gasteiger partial charge on any atom is -0.268 e. The second-order valence-electron chi connectivity index (χ2n) is 5.44. The van der Waals surface area contributed by atoms with Crippen LogP contribution in [-0.2, 0) is 11.3 Å². The molecule has 1 heterocycles. The first-order valence-corrected chi connectivity index (χ1v) is 9.92. The zero-order chi connectivity index (χ0) is 18.7. The fourth-order valence-electron chi connectivity index (χ4n) is 2.33. The van der Waals surface area contributed by atoms with Gasteiger partial charge in [-0.05, 0) is 47.2 Å². The third-order valence-corrected chi connectivity index (χ3v) is 5.54. The lowest BCUT2D eigenvalue weighted by molar-refractivity contribution is -0.123. The Morgan fingerprint density at radius 1 is 1.12 bits per heavy atom. The summed E-state index contributed by atoms with van der Waals surface area (Å²) in [5.74, 6) is -0.343. The van der Waals surface area contributed by atoms with E-state index in [9.17, 15) is 9.59 Å². The molecule has 0 radical (unpaired) electrons.